The molecular formula is C15H14F4N4OS2. The Morgan fingerprint density at radius 3 is 2.69 bits per heavy atom. The van der Waals surface area contributed by atoms with Crippen molar-refractivity contribution in [2.24, 2.45) is 13.0 Å². The minimum Gasteiger partial charge on any atom is -0.368 e. The first-order valence-electron chi connectivity index (χ1n) is 7.49. The van der Waals surface area contributed by atoms with Crippen LogP contribution in [0.1, 0.15) is 17.2 Å². The van der Waals surface area contributed by atoms with Crippen LogP contribution < -0.4 is 5.32 Å². The van der Waals surface area contributed by atoms with Gasteiger partial charge in [-0.15, -0.1) is 11.3 Å². The predicted molar refractivity (Wildman–Crippen MR) is 92.6 cm³/mol. The highest BCUT2D eigenvalue weighted by atomic mass is 32.1. The summed E-state index contributed by atoms with van der Waals surface area (Å²) in [6.45, 7) is 0.137. The minimum atomic E-state index is -4.62. The third kappa shape index (κ3) is 3.20. The number of nitrogens with zero attached hydrogens (tertiary/aromatic N) is 3. The average Bonchev–Trinajstić information content (AvgIpc) is 3.19. The second-order valence-electron chi connectivity index (χ2n) is 5.97. The molecule has 3 rings (SSSR count). The highest BCUT2D eigenvalue weighted by Crippen LogP contribution is 2.41. The first-order valence-corrected chi connectivity index (χ1v) is 8.78. The molecule has 2 atom stereocenters. The zero-order chi connectivity index (χ0) is 19.2. The number of anilines is 1. The molecule has 2 aromatic rings. The topological polar surface area (TPSA) is 50.2 Å². The summed E-state index contributed by atoms with van der Waals surface area (Å²) in [5.41, 5.74) is -1.03. The fourth-order valence-corrected chi connectivity index (χ4v) is 4.05. The van der Waals surface area contributed by atoms with E-state index in [0.29, 0.717) is 0 Å². The molecule has 1 aliphatic heterocycles. The standard InChI is InChI=1S/C15H14F4N4OS2/c1-22-6-8(7-5-20-23(2)11(7)15(17,18)19)10(14(22)25)13(24)21-9-3-4-26-12(9)16/h3-5,8,10H,6H2,1-2H3,(H,21,24)/t8-,10+/m1/s1. The number of halogens is 4. The number of alkyl halides is 3. The lowest BCUT2D eigenvalue weighted by Crippen LogP contribution is -2.32. The Hall–Kier alpha value is -2.01. The maximum Gasteiger partial charge on any atom is 0.433 e. The molecule has 0 aliphatic carbocycles. The highest BCUT2D eigenvalue weighted by molar-refractivity contribution is 7.80. The first-order chi connectivity index (χ1) is 12.1. The van der Waals surface area contributed by atoms with Gasteiger partial charge in [0, 0.05) is 32.1 Å². The maximum atomic E-state index is 13.6. The van der Waals surface area contributed by atoms with Gasteiger partial charge in [0.25, 0.3) is 0 Å². The van der Waals surface area contributed by atoms with E-state index >= 15 is 0 Å². The lowest BCUT2D eigenvalue weighted by atomic mass is 9.88. The van der Waals surface area contributed by atoms with Crippen LogP contribution in [0.5, 0.6) is 0 Å². The third-order valence-corrected chi connectivity index (χ3v) is 5.57. The average molecular weight is 406 g/mol. The van der Waals surface area contributed by atoms with Crippen LogP contribution in [0.2, 0.25) is 0 Å². The second kappa shape index (κ2) is 6.62. The van der Waals surface area contributed by atoms with E-state index in [0.717, 1.165) is 22.2 Å². The normalized spacial score (nSPS) is 20.7. The van der Waals surface area contributed by atoms with Gasteiger partial charge in [-0.25, -0.2) is 0 Å². The van der Waals surface area contributed by atoms with Gasteiger partial charge >= 0.3 is 6.18 Å². The van der Waals surface area contributed by atoms with Gasteiger partial charge in [0.05, 0.1) is 22.8 Å². The molecule has 140 valence electrons. The van der Waals surface area contributed by atoms with E-state index in [1.54, 1.807) is 11.9 Å². The Kier molecular flexibility index (Phi) is 4.78. The van der Waals surface area contributed by atoms with Crippen LogP contribution in [-0.4, -0.2) is 39.2 Å². The molecule has 0 bridgehead atoms. The number of hydrogen-bond acceptors (Lipinski definition) is 4. The van der Waals surface area contributed by atoms with Gasteiger partial charge in [0.2, 0.25) is 5.91 Å². The first kappa shape index (κ1) is 18.8. The van der Waals surface area contributed by atoms with Crippen LogP contribution in [0.4, 0.5) is 23.2 Å². The van der Waals surface area contributed by atoms with Gasteiger partial charge in [-0.2, -0.15) is 22.7 Å². The van der Waals surface area contributed by atoms with E-state index in [2.05, 4.69) is 10.4 Å². The molecule has 1 saturated heterocycles. The lowest BCUT2D eigenvalue weighted by molar-refractivity contribution is -0.144. The van der Waals surface area contributed by atoms with Crippen molar-refractivity contribution in [1.82, 2.24) is 14.7 Å². The predicted octanol–water partition coefficient (Wildman–Crippen LogP) is 3.25. The number of aryl methyl sites for hydroxylation is 1. The SMILES string of the molecule is CN1C[C@H](c2cnn(C)c2C(F)(F)F)[C@@H](C(=O)Nc2ccsc2F)C1=S. The zero-order valence-electron chi connectivity index (χ0n) is 13.7. The largest absolute Gasteiger partial charge is 0.433 e. The smallest absolute Gasteiger partial charge is 0.368 e. The number of rotatable bonds is 3. The summed E-state index contributed by atoms with van der Waals surface area (Å²) in [6, 6.07) is 1.39. The summed E-state index contributed by atoms with van der Waals surface area (Å²) >= 11 is 6.06. The highest BCUT2D eigenvalue weighted by Gasteiger charge is 2.47. The summed E-state index contributed by atoms with van der Waals surface area (Å²) in [7, 11) is 2.80. The molecule has 0 spiro atoms. The van der Waals surface area contributed by atoms with Crippen LogP contribution in [0.3, 0.4) is 0 Å². The second-order valence-corrected chi connectivity index (χ2v) is 7.25. The number of amides is 1. The zero-order valence-corrected chi connectivity index (χ0v) is 15.3. The van der Waals surface area contributed by atoms with Crippen molar-refractivity contribution < 1.29 is 22.4 Å². The number of carbonyl (C=O) groups is 1. The number of nitrogens with one attached hydrogen (secondary N) is 1. The van der Waals surface area contributed by atoms with Crippen LogP contribution in [0.25, 0.3) is 0 Å². The van der Waals surface area contributed by atoms with Crippen molar-refractivity contribution in [2.45, 2.75) is 12.1 Å². The van der Waals surface area contributed by atoms with Gasteiger partial charge in [0.15, 0.2) is 5.13 Å². The van der Waals surface area contributed by atoms with Crippen LogP contribution in [0, 0.1) is 11.0 Å². The Balaban J connectivity index is 1.97. The van der Waals surface area contributed by atoms with Crippen LogP contribution >= 0.6 is 23.6 Å². The molecule has 2 aromatic heterocycles. The fourth-order valence-electron chi connectivity index (χ4n) is 3.14. The Morgan fingerprint density at radius 1 is 1.42 bits per heavy atom. The summed E-state index contributed by atoms with van der Waals surface area (Å²) in [5, 5.41) is 7.01. The van der Waals surface area contributed by atoms with Crippen molar-refractivity contribution in [3.05, 3.63) is 34.0 Å². The molecule has 11 heteroatoms. The van der Waals surface area contributed by atoms with Gasteiger partial charge in [-0.1, -0.05) is 12.2 Å². The van der Waals surface area contributed by atoms with Crippen molar-refractivity contribution in [2.75, 3.05) is 18.9 Å². The number of hydrogen-bond donors (Lipinski definition) is 1. The van der Waals surface area contributed by atoms with Gasteiger partial charge in [0.1, 0.15) is 5.69 Å². The number of aromatic nitrogens is 2. The quantitative estimate of drug-likeness (QED) is 0.628. The number of thiocarbonyl (C=S) groups is 1. The molecule has 0 aromatic carbocycles. The minimum absolute atomic E-state index is 0.0154. The number of likely N-dealkylation sites (tertiary alicyclic amines) is 1. The summed E-state index contributed by atoms with van der Waals surface area (Å²) in [6.07, 6.45) is -3.51. The molecule has 3 heterocycles. The van der Waals surface area contributed by atoms with Crippen molar-refractivity contribution >= 4 is 40.1 Å². The van der Waals surface area contributed by atoms with E-state index in [9.17, 15) is 22.4 Å². The number of likely N-dealkylation sites (N-methyl/N-ethyl adjacent to an activating group) is 1. The van der Waals surface area contributed by atoms with Crippen molar-refractivity contribution in [3.8, 4) is 0 Å². The van der Waals surface area contributed by atoms with Gasteiger partial charge in [-0.05, 0) is 11.4 Å². The molecule has 1 N–H and O–H groups in total. The van der Waals surface area contributed by atoms with E-state index in [1.807, 2.05) is 0 Å². The van der Waals surface area contributed by atoms with E-state index in [-0.39, 0.29) is 22.8 Å². The maximum absolute atomic E-state index is 13.6. The van der Waals surface area contributed by atoms with Crippen LogP contribution in [-0.2, 0) is 18.0 Å². The molecule has 26 heavy (non-hydrogen) atoms. The van der Waals surface area contributed by atoms with Crippen molar-refractivity contribution in [1.29, 1.82) is 0 Å². The number of carbonyl (C=O) groups excluding carboxylic acids is 1. The van der Waals surface area contributed by atoms with Gasteiger partial charge < -0.3 is 10.2 Å². The summed E-state index contributed by atoms with van der Waals surface area (Å²) in [4.78, 5) is 14.4. The lowest BCUT2D eigenvalue weighted by Gasteiger charge is -2.19. The van der Waals surface area contributed by atoms with Crippen LogP contribution in [0.15, 0.2) is 17.6 Å². The van der Waals surface area contributed by atoms with Crippen molar-refractivity contribution in [3.63, 3.8) is 0 Å². The number of thiophene rings is 1. The molecular weight excluding hydrogens is 392 g/mol. The van der Waals surface area contributed by atoms with E-state index < -0.39 is 34.7 Å². The molecule has 1 fully saturated rings. The molecule has 1 amide bonds. The van der Waals surface area contributed by atoms with E-state index in [4.69, 9.17) is 12.2 Å². The summed E-state index contributed by atoms with van der Waals surface area (Å²) < 4.78 is 54.6. The monoisotopic (exact) mass is 406 g/mol. The molecule has 5 nitrogen and oxygen atoms in total. The molecule has 0 saturated carbocycles. The summed E-state index contributed by atoms with van der Waals surface area (Å²) in [5.74, 6) is -2.50. The molecule has 1 aliphatic rings. The third-order valence-electron chi connectivity index (χ3n) is 4.31. The van der Waals surface area contributed by atoms with E-state index in [1.165, 1.54) is 18.5 Å². The fraction of sp³-hybridized carbons (Fsp3) is 0.400. The Bertz CT molecular complexity index is 860. The Labute approximate surface area is 155 Å². The molecule has 0 radical (unpaired) electrons. The van der Waals surface area contributed by atoms with Gasteiger partial charge in [-0.3, -0.25) is 9.48 Å². The Morgan fingerprint density at radius 2 is 2.12 bits per heavy atom. The molecule has 0 unspecified atom stereocenters.